The van der Waals surface area contributed by atoms with Crippen molar-refractivity contribution in [3.8, 4) is 0 Å². The summed E-state index contributed by atoms with van der Waals surface area (Å²) < 4.78 is 16.2. The van der Waals surface area contributed by atoms with Gasteiger partial charge in [0.05, 0.1) is 0 Å². The molecule has 1 heterocycles. The minimum Gasteiger partial charge on any atom is -0.207 e. The van der Waals surface area contributed by atoms with Crippen LogP contribution in [0, 0.1) is 5.82 Å². The van der Waals surface area contributed by atoms with Crippen LogP contribution in [0.4, 0.5) is 4.39 Å². The van der Waals surface area contributed by atoms with Gasteiger partial charge in [-0.2, -0.15) is 0 Å². The van der Waals surface area contributed by atoms with Crippen LogP contribution in [0.15, 0.2) is 60.7 Å². The lowest BCUT2D eigenvalue weighted by Gasteiger charge is -2.05. The van der Waals surface area contributed by atoms with Crippen LogP contribution < -0.4 is 0 Å². The second-order valence-electron chi connectivity index (χ2n) is 9.20. The van der Waals surface area contributed by atoms with Gasteiger partial charge in [-0.1, -0.05) is 76.1 Å². The highest BCUT2D eigenvalue weighted by molar-refractivity contribution is 7.26. The normalized spacial score (nSPS) is 11.9. The van der Waals surface area contributed by atoms with Crippen LogP contribution in [0.25, 0.3) is 41.7 Å². The van der Waals surface area contributed by atoms with Crippen molar-refractivity contribution in [3.05, 3.63) is 72.0 Å². The minimum absolute atomic E-state index is 0.173. The smallest absolute Gasteiger partial charge is 0.123 e. The van der Waals surface area contributed by atoms with Crippen molar-refractivity contribution in [2.24, 2.45) is 0 Å². The molecule has 0 aliphatic rings. The number of rotatable bonds is 9. The molecule has 0 fully saturated rings. The number of aryl methyl sites for hydroxylation is 1. The van der Waals surface area contributed by atoms with Crippen molar-refractivity contribution in [1.82, 2.24) is 0 Å². The van der Waals surface area contributed by atoms with Crippen LogP contribution in [0.3, 0.4) is 0 Å². The highest BCUT2D eigenvalue weighted by atomic mass is 32.1. The summed E-state index contributed by atoms with van der Waals surface area (Å²) in [6.07, 6.45) is 12.1. The van der Waals surface area contributed by atoms with Crippen LogP contribution in [0.1, 0.15) is 63.9 Å². The molecule has 0 saturated carbocycles. The first-order valence-electron chi connectivity index (χ1n) is 12.2. The summed E-state index contributed by atoms with van der Waals surface area (Å²) in [6, 6.07) is 21.1. The van der Waals surface area contributed by atoms with Crippen LogP contribution in [0.2, 0.25) is 0 Å². The molecule has 4 aromatic carbocycles. The molecule has 5 aromatic rings. The first-order valence-corrected chi connectivity index (χ1v) is 13.0. The highest BCUT2D eigenvalue weighted by Crippen LogP contribution is 2.38. The van der Waals surface area contributed by atoms with Crippen molar-refractivity contribution in [1.29, 1.82) is 0 Å². The van der Waals surface area contributed by atoms with Crippen molar-refractivity contribution < 1.29 is 4.39 Å². The van der Waals surface area contributed by atoms with E-state index in [1.807, 2.05) is 17.4 Å². The Bertz CT molecular complexity index is 1380. The second kappa shape index (κ2) is 9.58. The molecular weight excluding hydrogens is 411 g/mol. The zero-order valence-corrected chi connectivity index (χ0v) is 19.7. The Hall–Kier alpha value is -2.45. The summed E-state index contributed by atoms with van der Waals surface area (Å²) in [5.41, 5.74) is 1.45. The maximum absolute atomic E-state index is 13.7. The number of thiophene rings is 1. The molecule has 0 radical (unpaired) electrons. The second-order valence-corrected chi connectivity index (χ2v) is 10.3. The predicted octanol–water partition coefficient (Wildman–Crippen LogP) is 10.2. The third kappa shape index (κ3) is 4.52. The third-order valence-electron chi connectivity index (χ3n) is 6.73. The van der Waals surface area contributed by atoms with E-state index in [1.165, 1.54) is 94.3 Å². The number of halogens is 1. The Labute approximate surface area is 194 Å². The van der Waals surface area contributed by atoms with Gasteiger partial charge in [-0.3, -0.25) is 0 Å². The topological polar surface area (TPSA) is 0 Å². The monoisotopic (exact) mass is 442 g/mol. The van der Waals surface area contributed by atoms with E-state index in [1.54, 1.807) is 12.1 Å². The summed E-state index contributed by atoms with van der Waals surface area (Å²) in [5, 5.41) is 7.28. The lowest BCUT2D eigenvalue weighted by atomic mass is 9.99. The van der Waals surface area contributed by atoms with Gasteiger partial charge in [0.1, 0.15) is 5.82 Å². The van der Waals surface area contributed by atoms with Gasteiger partial charge in [-0.05, 0) is 76.3 Å². The van der Waals surface area contributed by atoms with Gasteiger partial charge in [0.2, 0.25) is 0 Å². The lowest BCUT2D eigenvalue weighted by Crippen LogP contribution is -1.87. The van der Waals surface area contributed by atoms with Crippen molar-refractivity contribution in [2.75, 3.05) is 0 Å². The van der Waals surface area contributed by atoms with Crippen LogP contribution in [-0.2, 0) is 6.42 Å². The number of benzene rings is 4. The number of unbranched alkanes of at least 4 members (excludes halogenated alkanes) is 7. The molecule has 0 atom stereocenters. The SMILES string of the molecule is CCCCCCCCCCc1ccc2cc3c(cc2c1)sc1cc2cc(F)ccc2cc13. The van der Waals surface area contributed by atoms with Crippen LogP contribution in [0.5, 0.6) is 0 Å². The van der Waals surface area contributed by atoms with E-state index in [2.05, 4.69) is 49.4 Å². The molecule has 2 heteroatoms. The van der Waals surface area contributed by atoms with E-state index in [0.29, 0.717) is 0 Å². The Kier molecular flexibility index (Phi) is 6.41. The fourth-order valence-corrected chi connectivity index (χ4v) is 6.07. The van der Waals surface area contributed by atoms with Gasteiger partial charge in [0.15, 0.2) is 0 Å². The van der Waals surface area contributed by atoms with Gasteiger partial charge in [0.25, 0.3) is 0 Å². The zero-order valence-electron chi connectivity index (χ0n) is 18.9. The van der Waals surface area contributed by atoms with E-state index >= 15 is 0 Å². The average molecular weight is 443 g/mol. The predicted molar refractivity (Wildman–Crippen MR) is 141 cm³/mol. The van der Waals surface area contributed by atoms with Gasteiger partial charge in [-0.15, -0.1) is 11.3 Å². The average Bonchev–Trinajstić information content (AvgIpc) is 3.13. The lowest BCUT2D eigenvalue weighted by molar-refractivity contribution is 0.575. The Morgan fingerprint density at radius 3 is 1.88 bits per heavy atom. The van der Waals surface area contributed by atoms with Crippen molar-refractivity contribution in [3.63, 3.8) is 0 Å². The largest absolute Gasteiger partial charge is 0.207 e. The fourth-order valence-electron chi connectivity index (χ4n) is 4.90. The molecule has 0 bridgehead atoms. The van der Waals surface area contributed by atoms with E-state index in [-0.39, 0.29) is 5.82 Å². The van der Waals surface area contributed by atoms with E-state index in [9.17, 15) is 4.39 Å². The summed E-state index contributed by atoms with van der Waals surface area (Å²) >= 11 is 1.81. The summed E-state index contributed by atoms with van der Waals surface area (Å²) in [5.74, 6) is -0.173. The first kappa shape index (κ1) is 21.4. The van der Waals surface area contributed by atoms with Gasteiger partial charge >= 0.3 is 0 Å². The van der Waals surface area contributed by atoms with Gasteiger partial charge in [-0.25, -0.2) is 4.39 Å². The molecule has 164 valence electrons. The number of fused-ring (bicyclic) bond motifs is 5. The Morgan fingerprint density at radius 1 is 0.594 bits per heavy atom. The standard InChI is InChI=1S/C30H31FS/c1-2-3-4-5-6-7-8-9-10-21-11-12-22-17-27-28-18-23-13-14-26(31)16-25(23)20-30(28)32-29(27)19-24(22)15-21/h11-20H,2-10H2,1H3. The Balaban J connectivity index is 1.35. The molecule has 0 spiro atoms. The molecular formula is C30H31FS. The Morgan fingerprint density at radius 2 is 1.19 bits per heavy atom. The minimum atomic E-state index is -0.173. The molecule has 0 aliphatic heterocycles. The van der Waals surface area contributed by atoms with E-state index in [0.717, 1.165) is 10.8 Å². The highest BCUT2D eigenvalue weighted by Gasteiger charge is 2.09. The molecule has 0 amide bonds. The first-order chi connectivity index (χ1) is 15.7. The number of hydrogen-bond acceptors (Lipinski definition) is 1. The zero-order chi connectivity index (χ0) is 21.9. The maximum atomic E-state index is 13.7. The summed E-state index contributed by atoms with van der Waals surface area (Å²) in [7, 11) is 0. The molecule has 5 rings (SSSR count). The quantitative estimate of drug-likeness (QED) is 0.199. The van der Waals surface area contributed by atoms with Crippen LogP contribution in [-0.4, -0.2) is 0 Å². The summed E-state index contributed by atoms with van der Waals surface area (Å²) in [6.45, 7) is 2.28. The maximum Gasteiger partial charge on any atom is 0.123 e. The van der Waals surface area contributed by atoms with Crippen molar-refractivity contribution >= 4 is 53.1 Å². The van der Waals surface area contributed by atoms with Crippen LogP contribution >= 0.6 is 11.3 Å². The molecule has 0 aliphatic carbocycles. The molecule has 0 N–H and O–H groups in total. The third-order valence-corrected chi connectivity index (χ3v) is 7.85. The molecule has 0 saturated heterocycles. The fraction of sp³-hybridized carbons (Fsp3) is 0.333. The summed E-state index contributed by atoms with van der Waals surface area (Å²) in [4.78, 5) is 0. The van der Waals surface area contributed by atoms with E-state index < -0.39 is 0 Å². The molecule has 0 unspecified atom stereocenters. The molecule has 0 nitrogen and oxygen atoms in total. The van der Waals surface area contributed by atoms with Crippen molar-refractivity contribution in [2.45, 2.75) is 64.7 Å². The van der Waals surface area contributed by atoms with Gasteiger partial charge in [0, 0.05) is 20.2 Å². The molecule has 1 aromatic heterocycles. The van der Waals surface area contributed by atoms with Gasteiger partial charge < -0.3 is 0 Å². The number of hydrogen-bond donors (Lipinski definition) is 0. The molecule has 32 heavy (non-hydrogen) atoms. The van der Waals surface area contributed by atoms with E-state index in [4.69, 9.17) is 0 Å².